The molecule has 1 aromatic carbocycles. The maximum absolute atomic E-state index is 10.1. The monoisotopic (exact) mass is 290 g/mol. The van der Waals surface area contributed by atoms with Gasteiger partial charge in [0.15, 0.2) is 0 Å². The number of rotatable bonds is 6. The van der Waals surface area contributed by atoms with Gasteiger partial charge >= 0.3 is 0 Å². The summed E-state index contributed by atoms with van der Waals surface area (Å²) < 4.78 is 10.9. The molecule has 2 rings (SSSR count). The molecule has 114 valence electrons. The third-order valence-corrected chi connectivity index (χ3v) is 3.74. The largest absolute Gasteiger partial charge is 0.491 e. The summed E-state index contributed by atoms with van der Waals surface area (Å²) in [5.74, 6) is 0.668. The second-order valence-electron chi connectivity index (χ2n) is 5.38. The van der Waals surface area contributed by atoms with Crippen LogP contribution >= 0.6 is 0 Å². The normalized spacial score (nSPS) is 17.4. The Morgan fingerprint density at radius 3 is 2.67 bits per heavy atom. The average molecular weight is 290 g/mol. The molecular formula is C16H22N2O3. The van der Waals surface area contributed by atoms with Gasteiger partial charge in [0, 0.05) is 25.8 Å². The van der Waals surface area contributed by atoms with Gasteiger partial charge in [0.05, 0.1) is 11.6 Å². The summed E-state index contributed by atoms with van der Waals surface area (Å²) in [4.78, 5) is 2.18. The van der Waals surface area contributed by atoms with E-state index in [1.165, 1.54) is 0 Å². The van der Waals surface area contributed by atoms with Crippen LogP contribution in [0.25, 0.3) is 0 Å². The molecule has 1 N–H and O–H groups in total. The zero-order chi connectivity index (χ0) is 15.1. The van der Waals surface area contributed by atoms with Gasteiger partial charge in [0.2, 0.25) is 0 Å². The molecule has 1 aliphatic heterocycles. The lowest BCUT2D eigenvalue weighted by atomic mass is 10.1. The molecule has 0 aliphatic carbocycles. The van der Waals surface area contributed by atoms with Crippen molar-refractivity contribution in [2.24, 2.45) is 0 Å². The van der Waals surface area contributed by atoms with Crippen molar-refractivity contribution in [2.75, 3.05) is 33.4 Å². The van der Waals surface area contributed by atoms with Gasteiger partial charge in [-0.15, -0.1) is 0 Å². The number of ether oxygens (including phenoxy) is 2. The van der Waals surface area contributed by atoms with Gasteiger partial charge in [-0.3, -0.25) is 0 Å². The lowest BCUT2D eigenvalue weighted by Crippen LogP contribution is -2.42. The molecule has 1 saturated heterocycles. The summed E-state index contributed by atoms with van der Waals surface area (Å²) in [6.45, 7) is 2.43. The van der Waals surface area contributed by atoms with E-state index in [2.05, 4.69) is 11.0 Å². The Morgan fingerprint density at radius 2 is 2.05 bits per heavy atom. The molecule has 1 fully saturated rings. The smallest absolute Gasteiger partial charge is 0.119 e. The lowest BCUT2D eigenvalue weighted by Gasteiger charge is -2.32. The van der Waals surface area contributed by atoms with Gasteiger partial charge in [-0.05, 0) is 44.2 Å². The summed E-state index contributed by atoms with van der Waals surface area (Å²) in [6.07, 6.45) is 1.49. The van der Waals surface area contributed by atoms with Crippen LogP contribution in [0, 0.1) is 11.3 Å². The van der Waals surface area contributed by atoms with Gasteiger partial charge in [-0.2, -0.15) is 5.26 Å². The summed E-state index contributed by atoms with van der Waals surface area (Å²) in [7, 11) is 2.03. The molecular weight excluding hydrogens is 268 g/mol. The molecule has 5 heteroatoms. The topological polar surface area (TPSA) is 65.7 Å². The number of nitrogens with zero attached hydrogens (tertiary/aromatic N) is 2. The fraction of sp³-hybridized carbons (Fsp3) is 0.562. The number of benzene rings is 1. The van der Waals surface area contributed by atoms with E-state index in [0.717, 1.165) is 26.1 Å². The summed E-state index contributed by atoms with van der Waals surface area (Å²) >= 11 is 0. The van der Waals surface area contributed by atoms with Crippen LogP contribution in [-0.2, 0) is 4.74 Å². The molecule has 0 aromatic heterocycles. The molecule has 0 bridgehead atoms. The standard InChI is InChI=1S/C16H22N2O3/c1-18(14-6-8-20-9-7-14)11-15(19)12-21-16-4-2-13(10-17)3-5-16/h2-5,14-15,19H,6-9,11-12H2,1H3. The first-order valence-corrected chi connectivity index (χ1v) is 7.28. The second-order valence-corrected chi connectivity index (χ2v) is 5.38. The third kappa shape index (κ3) is 5.01. The highest BCUT2D eigenvalue weighted by atomic mass is 16.5. The molecule has 0 amide bonds. The van der Waals surface area contributed by atoms with Crippen molar-refractivity contribution in [3.05, 3.63) is 29.8 Å². The van der Waals surface area contributed by atoms with E-state index in [-0.39, 0.29) is 6.61 Å². The van der Waals surface area contributed by atoms with Crippen molar-refractivity contribution in [3.8, 4) is 11.8 Å². The number of aliphatic hydroxyl groups excluding tert-OH is 1. The molecule has 1 heterocycles. The summed E-state index contributed by atoms with van der Waals surface area (Å²) in [5, 5.41) is 18.8. The Hall–Kier alpha value is -1.61. The van der Waals surface area contributed by atoms with Crippen LogP contribution in [0.5, 0.6) is 5.75 Å². The minimum Gasteiger partial charge on any atom is -0.491 e. The minimum atomic E-state index is -0.534. The van der Waals surface area contributed by atoms with E-state index in [1.54, 1.807) is 24.3 Å². The van der Waals surface area contributed by atoms with Crippen molar-refractivity contribution in [3.63, 3.8) is 0 Å². The Kier molecular flexibility index (Phi) is 6.00. The van der Waals surface area contributed by atoms with E-state index in [1.807, 2.05) is 7.05 Å². The van der Waals surface area contributed by atoms with Gasteiger partial charge in [0.25, 0.3) is 0 Å². The van der Waals surface area contributed by atoms with Crippen molar-refractivity contribution in [1.29, 1.82) is 5.26 Å². The second kappa shape index (κ2) is 7.99. The number of hydrogen-bond acceptors (Lipinski definition) is 5. The Balaban J connectivity index is 1.73. The van der Waals surface area contributed by atoms with Gasteiger partial charge < -0.3 is 19.5 Å². The van der Waals surface area contributed by atoms with Crippen LogP contribution in [0.1, 0.15) is 18.4 Å². The highest BCUT2D eigenvalue weighted by Crippen LogP contribution is 2.14. The zero-order valence-electron chi connectivity index (χ0n) is 12.4. The number of hydrogen-bond donors (Lipinski definition) is 1. The fourth-order valence-corrected chi connectivity index (χ4v) is 2.48. The molecule has 5 nitrogen and oxygen atoms in total. The molecule has 1 aliphatic rings. The summed E-state index contributed by atoms with van der Waals surface area (Å²) in [6, 6.07) is 9.43. The lowest BCUT2D eigenvalue weighted by molar-refractivity contribution is 0.0159. The van der Waals surface area contributed by atoms with Crippen molar-refractivity contribution < 1.29 is 14.6 Å². The first-order valence-electron chi connectivity index (χ1n) is 7.28. The highest BCUT2D eigenvalue weighted by Gasteiger charge is 2.20. The molecule has 21 heavy (non-hydrogen) atoms. The van der Waals surface area contributed by atoms with Crippen LogP contribution in [0.4, 0.5) is 0 Å². The fourth-order valence-electron chi connectivity index (χ4n) is 2.48. The van der Waals surface area contributed by atoms with Gasteiger partial charge in [0.1, 0.15) is 18.5 Å². The van der Waals surface area contributed by atoms with E-state index >= 15 is 0 Å². The SMILES string of the molecule is CN(CC(O)COc1ccc(C#N)cc1)C1CCOCC1. The zero-order valence-corrected chi connectivity index (χ0v) is 12.4. The molecule has 1 atom stereocenters. The van der Waals surface area contributed by atoms with Crippen molar-refractivity contribution in [2.45, 2.75) is 25.0 Å². The number of aliphatic hydroxyl groups is 1. The average Bonchev–Trinajstić information content (AvgIpc) is 2.54. The maximum atomic E-state index is 10.1. The van der Waals surface area contributed by atoms with Crippen molar-refractivity contribution >= 4 is 0 Å². The molecule has 1 unspecified atom stereocenters. The molecule has 0 spiro atoms. The van der Waals surface area contributed by atoms with E-state index in [4.69, 9.17) is 14.7 Å². The third-order valence-electron chi connectivity index (χ3n) is 3.74. The van der Waals surface area contributed by atoms with Crippen LogP contribution in [0.2, 0.25) is 0 Å². The Morgan fingerprint density at radius 1 is 1.38 bits per heavy atom. The Bertz CT molecular complexity index is 463. The van der Waals surface area contributed by atoms with Crippen LogP contribution in [0.15, 0.2) is 24.3 Å². The number of likely N-dealkylation sites (N-methyl/N-ethyl adjacent to an activating group) is 1. The van der Waals surface area contributed by atoms with E-state index < -0.39 is 6.10 Å². The Labute approximate surface area is 125 Å². The number of nitriles is 1. The molecule has 0 radical (unpaired) electrons. The predicted octanol–water partition coefficient (Wildman–Crippen LogP) is 1.41. The van der Waals surface area contributed by atoms with E-state index in [9.17, 15) is 5.11 Å². The van der Waals surface area contributed by atoms with Crippen LogP contribution < -0.4 is 4.74 Å². The summed E-state index contributed by atoms with van der Waals surface area (Å²) in [5.41, 5.74) is 0.599. The predicted molar refractivity (Wildman–Crippen MR) is 79.1 cm³/mol. The first kappa shape index (κ1) is 15.8. The van der Waals surface area contributed by atoms with Crippen LogP contribution in [0.3, 0.4) is 0 Å². The quantitative estimate of drug-likeness (QED) is 0.858. The van der Waals surface area contributed by atoms with E-state index in [0.29, 0.717) is 23.9 Å². The molecule has 1 aromatic rings. The van der Waals surface area contributed by atoms with Crippen LogP contribution in [-0.4, -0.2) is 55.6 Å². The van der Waals surface area contributed by atoms with Gasteiger partial charge in [-0.1, -0.05) is 0 Å². The highest BCUT2D eigenvalue weighted by molar-refractivity contribution is 5.34. The molecule has 0 saturated carbocycles. The first-order chi connectivity index (χ1) is 10.2. The van der Waals surface area contributed by atoms with Gasteiger partial charge in [-0.25, -0.2) is 0 Å². The maximum Gasteiger partial charge on any atom is 0.119 e. The minimum absolute atomic E-state index is 0.249. The van der Waals surface area contributed by atoms with Crippen molar-refractivity contribution in [1.82, 2.24) is 4.90 Å².